The number of amides is 2. The van der Waals surface area contributed by atoms with E-state index in [0.29, 0.717) is 28.0 Å². The highest BCUT2D eigenvalue weighted by Crippen LogP contribution is 2.23. The van der Waals surface area contributed by atoms with Crippen LogP contribution in [0.15, 0.2) is 48.5 Å². The van der Waals surface area contributed by atoms with E-state index in [1.807, 2.05) is 0 Å². The summed E-state index contributed by atoms with van der Waals surface area (Å²) in [5.74, 6) is -1.40. The average Bonchev–Trinajstić information content (AvgIpc) is 3.29. The molecule has 2 aromatic carbocycles. The SMILES string of the molecule is CC(C)(C)OC(=O)Nc1ccc2[nH]c(C(=O)Nc3ccc4[nH]c(C(=O)O)cc4c3)cc2c1. The van der Waals surface area contributed by atoms with Gasteiger partial charge in [0.05, 0.1) is 0 Å². The third-order valence-electron chi connectivity index (χ3n) is 4.62. The number of fused-ring (bicyclic) bond motifs is 2. The maximum absolute atomic E-state index is 12.7. The summed E-state index contributed by atoms with van der Waals surface area (Å²) >= 11 is 0. The van der Waals surface area contributed by atoms with E-state index in [9.17, 15) is 14.4 Å². The van der Waals surface area contributed by atoms with Crippen LogP contribution in [-0.2, 0) is 4.74 Å². The van der Waals surface area contributed by atoms with E-state index in [0.717, 1.165) is 10.9 Å². The van der Waals surface area contributed by atoms with Crippen LogP contribution in [0.5, 0.6) is 0 Å². The second-order valence-electron chi connectivity index (χ2n) is 8.36. The number of carboxylic acids is 1. The molecular formula is C23H22N4O5. The predicted octanol–water partition coefficient (Wildman–Crippen LogP) is 4.95. The van der Waals surface area contributed by atoms with Crippen molar-refractivity contribution in [3.8, 4) is 0 Å². The topological polar surface area (TPSA) is 136 Å². The molecule has 0 saturated carbocycles. The van der Waals surface area contributed by atoms with E-state index in [1.54, 1.807) is 63.2 Å². The number of aromatic amines is 2. The van der Waals surface area contributed by atoms with Crippen molar-refractivity contribution in [2.75, 3.05) is 10.6 Å². The lowest BCUT2D eigenvalue weighted by molar-refractivity contribution is 0.0633. The molecule has 2 heterocycles. The Balaban J connectivity index is 1.50. The third-order valence-corrected chi connectivity index (χ3v) is 4.62. The van der Waals surface area contributed by atoms with Gasteiger partial charge in [-0.1, -0.05) is 0 Å². The highest BCUT2D eigenvalue weighted by atomic mass is 16.6. The van der Waals surface area contributed by atoms with E-state index >= 15 is 0 Å². The van der Waals surface area contributed by atoms with Gasteiger partial charge in [0.15, 0.2) is 0 Å². The Kier molecular flexibility index (Phi) is 5.09. The lowest BCUT2D eigenvalue weighted by Crippen LogP contribution is -2.27. The van der Waals surface area contributed by atoms with Crippen LogP contribution in [0.2, 0.25) is 0 Å². The van der Waals surface area contributed by atoms with Crippen LogP contribution in [0.1, 0.15) is 41.7 Å². The quantitative estimate of drug-likeness (QED) is 0.310. The number of rotatable bonds is 4. The highest BCUT2D eigenvalue weighted by molar-refractivity contribution is 6.07. The zero-order chi connectivity index (χ0) is 23.0. The van der Waals surface area contributed by atoms with Crippen LogP contribution in [0.25, 0.3) is 21.8 Å². The summed E-state index contributed by atoms with van der Waals surface area (Å²) in [6.07, 6.45) is -0.559. The van der Waals surface area contributed by atoms with Gasteiger partial charge in [0, 0.05) is 33.2 Å². The summed E-state index contributed by atoms with van der Waals surface area (Å²) in [5.41, 5.74) is 2.29. The van der Waals surface area contributed by atoms with Gasteiger partial charge in [-0.2, -0.15) is 0 Å². The van der Waals surface area contributed by atoms with Crippen molar-refractivity contribution < 1.29 is 24.2 Å². The number of aromatic nitrogens is 2. The van der Waals surface area contributed by atoms with Crippen LogP contribution in [0.3, 0.4) is 0 Å². The number of hydrogen-bond donors (Lipinski definition) is 5. The summed E-state index contributed by atoms with van der Waals surface area (Å²) in [5, 5.41) is 16.0. The number of anilines is 2. The maximum Gasteiger partial charge on any atom is 0.412 e. The molecule has 4 aromatic rings. The fraction of sp³-hybridized carbons (Fsp3) is 0.174. The Labute approximate surface area is 182 Å². The number of H-pyrrole nitrogens is 2. The van der Waals surface area contributed by atoms with Crippen LogP contribution >= 0.6 is 0 Å². The van der Waals surface area contributed by atoms with Gasteiger partial charge in [0.1, 0.15) is 17.0 Å². The van der Waals surface area contributed by atoms with Crippen molar-refractivity contribution in [3.63, 3.8) is 0 Å². The van der Waals surface area contributed by atoms with Gasteiger partial charge in [-0.3, -0.25) is 10.1 Å². The normalized spacial score (nSPS) is 11.5. The van der Waals surface area contributed by atoms with Gasteiger partial charge in [-0.15, -0.1) is 0 Å². The van der Waals surface area contributed by atoms with Crippen molar-refractivity contribution in [2.45, 2.75) is 26.4 Å². The smallest absolute Gasteiger partial charge is 0.412 e. The monoisotopic (exact) mass is 434 g/mol. The largest absolute Gasteiger partial charge is 0.477 e. The first-order valence-corrected chi connectivity index (χ1v) is 9.87. The Morgan fingerprint density at radius 1 is 0.812 bits per heavy atom. The minimum Gasteiger partial charge on any atom is -0.477 e. The number of carbonyl (C=O) groups excluding carboxylic acids is 2. The first-order valence-electron chi connectivity index (χ1n) is 9.87. The number of ether oxygens (including phenoxy) is 1. The van der Waals surface area contributed by atoms with E-state index in [-0.39, 0.29) is 11.6 Å². The molecule has 0 aliphatic carbocycles. The van der Waals surface area contributed by atoms with Gasteiger partial charge in [-0.25, -0.2) is 9.59 Å². The van der Waals surface area contributed by atoms with E-state index < -0.39 is 17.7 Å². The molecule has 0 unspecified atom stereocenters. The number of benzene rings is 2. The van der Waals surface area contributed by atoms with Crippen LogP contribution in [-0.4, -0.2) is 38.6 Å². The second-order valence-corrected chi connectivity index (χ2v) is 8.36. The zero-order valence-corrected chi connectivity index (χ0v) is 17.7. The van der Waals surface area contributed by atoms with E-state index in [4.69, 9.17) is 9.84 Å². The Morgan fingerprint density at radius 3 is 1.91 bits per heavy atom. The van der Waals surface area contributed by atoms with Crippen molar-refractivity contribution in [2.24, 2.45) is 0 Å². The first-order chi connectivity index (χ1) is 15.1. The maximum atomic E-state index is 12.7. The molecule has 4 rings (SSSR count). The second kappa shape index (κ2) is 7.77. The van der Waals surface area contributed by atoms with Gasteiger partial charge >= 0.3 is 12.1 Å². The number of carbonyl (C=O) groups is 3. The summed E-state index contributed by atoms with van der Waals surface area (Å²) in [7, 11) is 0. The first kappa shape index (κ1) is 21.0. The van der Waals surface area contributed by atoms with Crippen molar-refractivity contribution >= 4 is 51.2 Å². The highest BCUT2D eigenvalue weighted by Gasteiger charge is 2.17. The zero-order valence-electron chi connectivity index (χ0n) is 17.7. The van der Waals surface area contributed by atoms with Crippen molar-refractivity contribution in [3.05, 3.63) is 59.9 Å². The van der Waals surface area contributed by atoms with Crippen molar-refractivity contribution in [1.29, 1.82) is 0 Å². The molecule has 32 heavy (non-hydrogen) atoms. The lowest BCUT2D eigenvalue weighted by Gasteiger charge is -2.19. The summed E-state index contributed by atoms with van der Waals surface area (Å²) in [4.78, 5) is 41.7. The Hall–Kier alpha value is -4.27. The fourth-order valence-electron chi connectivity index (χ4n) is 3.28. The fourth-order valence-corrected chi connectivity index (χ4v) is 3.28. The molecule has 0 saturated heterocycles. The molecule has 9 heteroatoms. The molecule has 0 spiro atoms. The molecule has 0 aliphatic heterocycles. The Bertz CT molecular complexity index is 1360. The summed E-state index contributed by atoms with van der Waals surface area (Å²) in [6, 6.07) is 13.5. The molecule has 2 aromatic heterocycles. The summed E-state index contributed by atoms with van der Waals surface area (Å²) < 4.78 is 5.25. The molecule has 0 radical (unpaired) electrons. The molecule has 164 valence electrons. The van der Waals surface area contributed by atoms with Gasteiger partial charge in [0.2, 0.25) is 0 Å². The number of hydrogen-bond acceptors (Lipinski definition) is 4. The minimum atomic E-state index is -1.05. The molecule has 9 nitrogen and oxygen atoms in total. The van der Waals surface area contributed by atoms with Gasteiger partial charge in [-0.05, 0) is 69.3 Å². The molecule has 0 bridgehead atoms. The van der Waals surface area contributed by atoms with Gasteiger partial charge < -0.3 is 25.1 Å². The predicted molar refractivity (Wildman–Crippen MR) is 121 cm³/mol. The van der Waals surface area contributed by atoms with E-state index in [2.05, 4.69) is 20.6 Å². The van der Waals surface area contributed by atoms with Crippen LogP contribution < -0.4 is 10.6 Å². The molecule has 0 fully saturated rings. The standard InChI is InChI=1S/C23H22N4O5/c1-23(2,3)32-22(31)25-15-5-7-16-12(9-15)10-18(26-16)20(28)24-14-4-6-17-13(8-14)11-19(27-17)21(29)30/h4-11,26-27H,1-3H3,(H,24,28)(H,25,31)(H,29,30). The molecule has 5 N–H and O–H groups in total. The lowest BCUT2D eigenvalue weighted by atomic mass is 10.2. The molecule has 0 atom stereocenters. The average molecular weight is 434 g/mol. The van der Waals surface area contributed by atoms with Crippen molar-refractivity contribution in [1.82, 2.24) is 9.97 Å². The van der Waals surface area contributed by atoms with Gasteiger partial charge in [0.25, 0.3) is 5.91 Å². The third kappa shape index (κ3) is 4.56. The number of nitrogens with one attached hydrogen (secondary N) is 4. The molecule has 2 amide bonds. The number of carboxylic acid groups (broad SMARTS) is 1. The summed E-state index contributed by atoms with van der Waals surface area (Å²) in [6.45, 7) is 5.35. The minimum absolute atomic E-state index is 0.0786. The molecular weight excluding hydrogens is 412 g/mol. The van der Waals surface area contributed by atoms with E-state index in [1.165, 1.54) is 6.07 Å². The Morgan fingerprint density at radius 2 is 1.34 bits per heavy atom. The van der Waals surface area contributed by atoms with Crippen LogP contribution in [0, 0.1) is 0 Å². The number of aromatic carboxylic acids is 1. The molecule has 0 aliphatic rings. The van der Waals surface area contributed by atoms with Crippen LogP contribution in [0.4, 0.5) is 16.2 Å².